The summed E-state index contributed by atoms with van der Waals surface area (Å²) in [6.45, 7) is 1.91. The summed E-state index contributed by atoms with van der Waals surface area (Å²) in [6.07, 6.45) is 0. The summed E-state index contributed by atoms with van der Waals surface area (Å²) in [5, 5.41) is 1.75. The highest BCUT2D eigenvalue weighted by Crippen LogP contribution is 2.43. The number of halogens is 4. The van der Waals surface area contributed by atoms with Crippen molar-refractivity contribution in [3.8, 4) is 5.75 Å². The molecule has 0 atom stereocenters. The zero-order chi connectivity index (χ0) is 10.9. The Balaban J connectivity index is 3.56. The maximum Gasteiger partial charge on any atom is 0.156 e. The third kappa shape index (κ3) is 2.06. The Hall–Kier alpha value is 0.560. The normalized spacial score (nSPS) is 10.4. The Morgan fingerprint density at radius 3 is 2.29 bits per heavy atom. The summed E-state index contributed by atoms with van der Waals surface area (Å²) in [4.78, 5) is 0. The molecule has 0 radical (unpaired) electrons. The fourth-order valence-corrected chi connectivity index (χ4v) is 3.63. The Labute approximate surface area is 110 Å². The molecule has 0 spiro atoms. The van der Waals surface area contributed by atoms with Crippen LogP contribution < -0.4 is 4.74 Å². The Bertz CT molecular complexity index is 335. The van der Waals surface area contributed by atoms with Gasteiger partial charge >= 0.3 is 0 Å². The Morgan fingerprint density at radius 1 is 1.29 bits per heavy atom. The van der Waals surface area contributed by atoms with Crippen LogP contribution in [0, 0.1) is 6.92 Å². The number of rotatable bonds is 2. The highest BCUT2D eigenvalue weighted by molar-refractivity contribution is 9.10. The van der Waals surface area contributed by atoms with Crippen LogP contribution >= 0.6 is 55.1 Å². The van der Waals surface area contributed by atoms with Crippen molar-refractivity contribution < 1.29 is 4.74 Å². The van der Waals surface area contributed by atoms with Gasteiger partial charge in [-0.15, -0.1) is 0 Å². The first-order valence-corrected chi connectivity index (χ1v) is 6.47. The van der Waals surface area contributed by atoms with Crippen LogP contribution in [0.15, 0.2) is 4.47 Å². The van der Waals surface area contributed by atoms with E-state index in [0.29, 0.717) is 21.1 Å². The molecule has 0 unspecified atom stereocenters. The summed E-state index contributed by atoms with van der Waals surface area (Å²) in [6, 6.07) is 0. The van der Waals surface area contributed by atoms with Crippen molar-refractivity contribution in [3.05, 3.63) is 25.6 Å². The topological polar surface area (TPSA) is 9.23 Å². The largest absolute Gasteiger partial charge is 0.494 e. The molecule has 0 aliphatic heterocycles. The minimum atomic E-state index is 0.531. The highest BCUT2D eigenvalue weighted by Gasteiger charge is 2.18. The first-order valence-electron chi connectivity index (χ1n) is 3.80. The van der Waals surface area contributed by atoms with Crippen LogP contribution in [-0.2, 0) is 5.33 Å². The van der Waals surface area contributed by atoms with Crippen molar-refractivity contribution in [3.63, 3.8) is 0 Å². The summed E-state index contributed by atoms with van der Waals surface area (Å²) < 4.78 is 6.07. The summed E-state index contributed by atoms with van der Waals surface area (Å²) in [5.74, 6) is 0.531. The molecule has 78 valence electrons. The third-order valence-electron chi connectivity index (χ3n) is 1.92. The number of ether oxygens (including phenoxy) is 1. The van der Waals surface area contributed by atoms with Gasteiger partial charge in [0.25, 0.3) is 0 Å². The van der Waals surface area contributed by atoms with Gasteiger partial charge < -0.3 is 4.74 Å². The molecule has 1 aromatic carbocycles. The van der Waals surface area contributed by atoms with Gasteiger partial charge in [-0.25, -0.2) is 0 Å². The number of hydrogen-bond donors (Lipinski definition) is 0. The monoisotopic (exact) mass is 360 g/mol. The molecule has 1 rings (SSSR count). The van der Waals surface area contributed by atoms with Gasteiger partial charge in [0.2, 0.25) is 0 Å². The van der Waals surface area contributed by atoms with Crippen LogP contribution in [0.5, 0.6) is 5.75 Å². The van der Waals surface area contributed by atoms with Gasteiger partial charge in [-0.1, -0.05) is 55.1 Å². The van der Waals surface area contributed by atoms with Crippen molar-refractivity contribution in [2.24, 2.45) is 0 Å². The smallest absolute Gasteiger partial charge is 0.156 e. The molecule has 1 nitrogen and oxygen atoms in total. The van der Waals surface area contributed by atoms with Crippen molar-refractivity contribution >= 4 is 55.1 Å². The van der Waals surface area contributed by atoms with Gasteiger partial charge in [0.05, 0.1) is 17.2 Å². The quantitative estimate of drug-likeness (QED) is 0.675. The van der Waals surface area contributed by atoms with Gasteiger partial charge in [-0.05, 0) is 18.1 Å². The lowest BCUT2D eigenvalue weighted by Crippen LogP contribution is -1.94. The molecule has 14 heavy (non-hydrogen) atoms. The van der Waals surface area contributed by atoms with E-state index in [2.05, 4.69) is 31.9 Å². The number of methoxy groups -OCH3 is 1. The third-order valence-corrected chi connectivity index (χ3v) is 4.41. The second-order valence-corrected chi connectivity index (χ2v) is 4.82. The van der Waals surface area contributed by atoms with Crippen LogP contribution in [0.25, 0.3) is 0 Å². The van der Waals surface area contributed by atoms with Crippen LogP contribution in [0.2, 0.25) is 10.0 Å². The molecule has 0 aromatic heterocycles. The van der Waals surface area contributed by atoms with Crippen LogP contribution in [-0.4, -0.2) is 7.11 Å². The Morgan fingerprint density at radius 2 is 1.86 bits per heavy atom. The molecule has 0 fully saturated rings. The van der Waals surface area contributed by atoms with E-state index < -0.39 is 0 Å². The van der Waals surface area contributed by atoms with Crippen molar-refractivity contribution in [1.29, 1.82) is 0 Å². The number of benzene rings is 1. The van der Waals surface area contributed by atoms with Gasteiger partial charge in [0.1, 0.15) is 0 Å². The average molecular weight is 363 g/mol. The van der Waals surface area contributed by atoms with E-state index in [1.54, 1.807) is 7.11 Å². The van der Waals surface area contributed by atoms with E-state index >= 15 is 0 Å². The lowest BCUT2D eigenvalue weighted by atomic mass is 10.1. The van der Waals surface area contributed by atoms with Crippen LogP contribution in [0.4, 0.5) is 0 Å². The van der Waals surface area contributed by atoms with Gasteiger partial charge in [0, 0.05) is 9.80 Å². The summed E-state index contributed by atoms with van der Waals surface area (Å²) >= 11 is 19.0. The molecular weight excluding hydrogens is 355 g/mol. The molecule has 0 N–H and O–H groups in total. The maximum atomic E-state index is 6.12. The van der Waals surface area contributed by atoms with Crippen molar-refractivity contribution in [1.82, 2.24) is 0 Å². The molecular formula is C9H8Br2Cl2O. The maximum absolute atomic E-state index is 6.12. The minimum absolute atomic E-state index is 0.531. The van der Waals surface area contributed by atoms with E-state index in [0.717, 1.165) is 15.6 Å². The van der Waals surface area contributed by atoms with E-state index in [1.807, 2.05) is 6.92 Å². The van der Waals surface area contributed by atoms with E-state index in [9.17, 15) is 0 Å². The fraction of sp³-hybridized carbons (Fsp3) is 0.333. The average Bonchev–Trinajstić information content (AvgIpc) is 2.16. The number of alkyl halides is 1. The molecule has 0 saturated carbocycles. The van der Waals surface area contributed by atoms with Crippen molar-refractivity contribution in [2.45, 2.75) is 12.3 Å². The molecule has 1 aromatic rings. The predicted molar refractivity (Wildman–Crippen MR) is 68.1 cm³/mol. The van der Waals surface area contributed by atoms with Crippen molar-refractivity contribution in [2.75, 3.05) is 7.11 Å². The zero-order valence-corrected chi connectivity index (χ0v) is 12.3. The zero-order valence-electron chi connectivity index (χ0n) is 7.63. The van der Waals surface area contributed by atoms with Gasteiger partial charge in [0.15, 0.2) is 5.75 Å². The summed E-state index contributed by atoms with van der Waals surface area (Å²) in [5.41, 5.74) is 1.88. The molecule has 0 bridgehead atoms. The Kier molecular flexibility index (Phi) is 4.56. The molecule has 0 amide bonds. The minimum Gasteiger partial charge on any atom is -0.494 e. The SMILES string of the molecule is COc1c(Cl)c(C)c(Br)c(CBr)c1Cl. The standard InChI is InChI=1S/C9H8Br2Cl2O/c1-4-6(11)5(3-10)8(13)9(14-2)7(4)12/h3H2,1-2H3. The summed E-state index contributed by atoms with van der Waals surface area (Å²) in [7, 11) is 1.55. The second kappa shape index (κ2) is 5.06. The molecule has 0 heterocycles. The lowest BCUT2D eigenvalue weighted by Gasteiger charge is -2.14. The highest BCUT2D eigenvalue weighted by atomic mass is 79.9. The first-order chi connectivity index (χ1) is 6.54. The number of hydrogen-bond acceptors (Lipinski definition) is 1. The predicted octanol–water partition coefficient (Wildman–Crippen LogP) is 4.97. The fourth-order valence-electron chi connectivity index (χ4n) is 1.12. The molecule has 0 aliphatic carbocycles. The van der Waals surface area contributed by atoms with E-state index in [4.69, 9.17) is 27.9 Å². The molecule has 0 aliphatic rings. The molecule has 5 heteroatoms. The van der Waals surface area contributed by atoms with Gasteiger partial charge in [-0.3, -0.25) is 0 Å². The lowest BCUT2D eigenvalue weighted by molar-refractivity contribution is 0.414. The first kappa shape index (κ1) is 12.6. The second-order valence-electron chi connectivity index (χ2n) is 2.71. The van der Waals surface area contributed by atoms with E-state index in [-0.39, 0.29) is 0 Å². The van der Waals surface area contributed by atoms with Crippen LogP contribution in [0.3, 0.4) is 0 Å². The van der Waals surface area contributed by atoms with Crippen LogP contribution in [0.1, 0.15) is 11.1 Å². The van der Waals surface area contributed by atoms with E-state index in [1.165, 1.54) is 0 Å². The van der Waals surface area contributed by atoms with Gasteiger partial charge in [-0.2, -0.15) is 0 Å². The molecule has 0 saturated heterocycles.